The molecular formula is C22H22N4OS. The minimum Gasteiger partial charge on any atom is -0.318 e. The monoisotopic (exact) mass is 390 g/mol. The molecule has 0 bridgehead atoms. The number of allylic oxidation sites excluding steroid dienone is 1. The number of amides is 1. The average molecular weight is 391 g/mol. The number of fused-ring (bicyclic) bond motifs is 1. The van der Waals surface area contributed by atoms with Crippen molar-refractivity contribution in [3.63, 3.8) is 0 Å². The van der Waals surface area contributed by atoms with Gasteiger partial charge in [0.2, 0.25) is 0 Å². The second-order valence-electron chi connectivity index (χ2n) is 7.33. The Bertz CT molecular complexity index is 1110. The van der Waals surface area contributed by atoms with Gasteiger partial charge in [-0.3, -0.25) is 15.1 Å². The highest BCUT2D eigenvalue weighted by Crippen LogP contribution is 2.33. The Morgan fingerprint density at radius 1 is 1.04 bits per heavy atom. The van der Waals surface area contributed by atoms with Gasteiger partial charge in [-0.25, -0.2) is 0 Å². The first-order chi connectivity index (χ1) is 13.2. The first kappa shape index (κ1) is 18.5. The maximum Gasteiger partial charge on any atom is 0.283 e. The van der Waals surface area contributed by atoms with Gasteiger partial charge in [0.1, 0.15) is 5.84 Å². The summed E-state index contributed by atoms with van der Waals surface area (Å²) in [6, 6.07) is 8.52. The Morgan fingerprint density at radius 3 is 2.39 bits per heavy atom. The fourth-order valence-electron chi connectivity index (χ4n) is 3.77. The second kappa shape index (κ2) is 6.63. The van der Waals surface area contributed by atoms with Crippen molar-refractivity contribution in [2.75, 3.05) is 0 Å². The Morgan fingerprint density at radius 2 is 1.71 bits per heavy atom. The summed E-state index contributed by atoms with van der Waals surface area (Å²) >= 11 is 1.42. The van der Waals surface area contributed by atoms with E-state index >= 15 is 0 Å². The van der Waals surface area contributed by atoms with E-state index in [0.29, 0.717) is 10.7 Å². The van der Waals surface area contributed by atoms with Crippen LogP contribution < -0.4 is 0 Å². The van der Waals surface area contributed by atoms with Crippen LogP contribution in [0.2, 0.25) is 0 Å². The van der Waals surface area contributed by atoms with E-state index in [4.69, 9.17) is 5.41 Å². The van der Waals surface area contributed by atoms with Crippen molar-refractivity contribution in [3.05, 3.63) is 69.0 Å². The third-order valence-electron chi connectivity index (χ3n) is 4.93. The predicted octanol–water partition coefficient (Wildman–Crippen LogP) is 4.88. The van der Waals surface area contributed by atoms with Crippen molar-refractivity contribution < 1.29 is 4.79 Å². The quantitative estimate of drug-likeness (QED) is 0.744. The number of rotatable bonds is 2. The Balaban J connectivity index is 1.79. The van der Waals surface area contributed by atoms with Gasteiger partial charge < -0.3 is 4.57 Å². The number of hydrogen-bond donors (Lipinski definition) is 1. The van der Waals surface area contributed by atoms with E-state index in [1.165, 1.54) is 22.9 Å². The Hall–Kier alpha value is -2.86. The number of carbonyl (C=O) groups is 1. The van der Waals surface area contributed by atoms with Crippen molar-refractivity contribution in [2.45, 2.75) is 34.6 Å². The molecule has 0 fully saturated rings. The molecule has 0 radical (unpaired) electrons. The highest BCUT2D eigenvalue weighted by molar-refractivity contribution is 8.17. The molecule has 0 aliphatic carbocycles. The van der Waals surface area contributed by atoms with Gasteiger partial charge in [-0.2, -0.15) is 4.99 Å². The van der Waals surface area contributed by atoms with Gasteiger partial charge in [0, 0.05) is 28.2 Å². The lowest BCUT2D eigenvalue weighted by atomic mass is 10.1. The van der Waals surface area contributed by atoms with E-state index in [0.717, 1.165) is 27.5 Å². The molecule has 0 saturated heterocycles. The van der Waals surface area contributed by atoms with Crippen molar-refractivity contribution in [1.29, 1.82) is 5.41 Å². The number of hydrogen-bond acceptors (Lipinski definition) is 3. The molecular weight excluding hydrogens is 368 g/mol. The van der Waals surface area contributed by atoms with E-state index < -0.39 is 0 Å². The zero-order chi connectivity index (χ0) is 20.2. The van der Waals surface area contributed by atoms with Crippen molar-refractivity contribution in [1.82, 2.24) is 9.47 Å². The topological polar surface area (TPSA) is 61.5 Å². The number of aryl methyl sites for hydroxylation is 3. The molecule has 4 rings (SSSR count). The van der Waals surface area contributed by atoms with Crippen molar-refractivity contribution in [3.8, 4) is 5.69 Å². The fourth-order valence-corrected chi connectivity index (χ4v) is 4.58. The Labute approximate surface area is 169 Å². The molecule has 28 heavy (non-hydrogen) atoms. The molecule has 1 N–H and O–H groups in total. The standard InChI is InChI=1S/C22H22N4OS/c1-12-6-13(2)8-18(7-12)26-14(3)9-17(16(26)5)10-19-20(23)25-11-15(4)28-22(25)24-21(19)27/h6-11,23H,1-5H3/b19-10-,23-20?. The van der Waals surface area contributed by atoms with Crippen LogP contribution in [-0.4, -0.2) is 26.4 Å². The molecule has 5 nitrogen and oxygen atoms in total. The number of thioether (sulfide) groups is 1. The summed E-state index contributed by atoms with van der Waals surface area (Å²) in [6.07, 6.45) is 3.64. The van der Waals surface area contributed by atoms with E-state index in [2.05, 4.69) is 54.6 Å². The zero-order valence-electron chi connectivity index (χ0n) is 16.6. The van der Waals surface area contributed by atoms with Gasteiger partial charge in [-0.1, -0.05) is 17.8 Å². The fraction of sp³-hybridized carbons (Fsp3) is 0.227. The van der Waals surface area contributed by atoms with Crippen LogP contribution in [0.25, 0.3) is 11.8 Å². The lowest BCUT2D eigenvalue weighted by Crippen LogP contribution is -2.35. The molecule has 2 aliphatic heterocycles. The second-order valence-corrected chi connectivity index (χ2v) is 8.54. The highest BCUT2D eigenvalue weighted by Gasteiger charge is 2.33. The van der Waals surface area contributed by atoms with Crippen LogP contribution in [0.1, 0.15) is 35.0 Å². The number of nitrogens with one attached hydrogen (secondary N) is 1. The first-order valence-electron chi connectivity index (χ1n) is 9.11. The van der Waals surface area contributed by atoms with Gasteiger partial charge in [-0.05, 0) is 75.6 Å². The van der Waals surface area contributed by atoms with Crippen LogP contribution in [0, 0.1) is 33.1 Å². The lowest BCUT2D eigenvalue weighted by Gasteiger charge is -2.22. The van der Waals surface area contributed by atoms with Gasteiger partial charge in [0.25, 0.3) is 5.91 Å². The summed E-state index contributed by atoms with van der Waals surface area (Å²) in [5.41, 5.74) is 6.89. The van der Waals surface area contributed by atoms with Crippen LogP contribution >= 0.6 is 11.8 Å². The molecule has 2 aromatic rings. The van der Waals surface area contributed by atoms with Gasteiger partial charge in [-0.15, -0.1) is 0 Å². The SMILES string of the molecule is CC1=CN2C(=N)/C(=C/c3cc(C)n(-c4cc(C)cc(C)c4)c3C)C(=O)N=C2S1. The smallest absolute Gasteiger partial charge is 0.283 e. The molecule has 6 heteroatoms. The van der Waals surface area contributed by atoms with Crippen molar-refractivity contribution in [2.24, 2.45) is 4.99 Å². The molecule has 0 saturated carbocycles. The minimum atomic E-state index is -0.358. The van der Waals surface area contributed by atoms with Gasteiger partial charge >= 0.3 is 0 Å². The highest BCUT2D eigenvalue weighted by atomic mass is 32.2. The summed E-state index contributed by atoms with van der Waals surface area (Å²) in [5, 5.41) is 9.05. The summed E-state index contributed by atoms with van der Waals surface area (Å²) in [5.74, 6) is -0.182. The maximum absolute atomic E-state index is 12.6. The maximum atomic E-state index is 12.6. The van der Waals surface area contributed by atoms with Gasteiger partial charge in [0.15, 0.2) is 5.17 Å². The summed E-state index contributed by atoms with van der Waals surface area (Å²) < 4.78 is 2.19. The van der Waals surface area contributed by atoms with E-state index in [1.807, 2.05) is 20.0 Å². The van der Waals surface area contributed by atoms with Crippen LogP contribution in [-0.2, 0) is 4.79 Å². The molecule has 1 aromatic heterocycles. The number of aromatic nitrogens is 1. The predicted molar refractivity (Wildman–Crippen MR) is 116 cm³/mol. The number of benzene rings is 1. The van der Waals surface area contributed by atoms with Crippen LogP contribution in [0.3, 0.4) is 0 Å². The molecule has 1 amide bonds. The number of amidine groups is 2. The van der Waals surface area contributed by atoms with E-state index in [-0.39, 0.29) is 11.7 Å². The molecule has 1 aromatic carbocycles. The van der Waals surface area contributed by atoms with Crippen molar-refractivity contribution >= 4 is 34.7 Å². The summed E-state index contributed by atoms with van der Waals surface area (Å²) in [7, 11) is 0. The molecule has 0 unspecified atom stereocenters. The van der Waals surface area contributed by atoms with Crippen LogP contribution in [0.4, 0.5) is 0 Å². The lowest BCUT2D eigenvalue weighted by molar-refractivity contribution is -0.114. The number of nitrogens with zero attached hydrogens (tertiary/aromatic N) is 3. The molecule has 3 heterocycles. The summed E-state index contributed by atoms with van der Waals surface area (Å²) in [6.45, 7) is 10.2. The third-order valence-corrected chi connectivity index (χ3v) is 5.83. The van der Waals surface area contributed by atoms with Gasteiger partial charge in [0.05, 0.1) is 5.57 Å². The number of carbonyl (C=O) groups excluding carboxylic acids is 1. The largest absolute Gasteiger partial charge is 0.318 e. The molecule has 2 aliphatic rings. The van der Waals surface area contributed by atoms with Crippen LogP contribution in [0.5, 0.6) is 0 Å². The van der Waals surface area contributed by atoms with Crippen LogP contribution in [0.15, 0.2) is 45.9 Å². The van der Waals surface area contributed by atoms with E-state index in [9.17, 15) is 4.79 Å². The molecule has 142 valence electrons. The number of aliphatic imine (C=N–C) groups is 1. The minimum absolute atomic E-state index is 0.176. The first-order valence-corrected chi connectivity index (χ1v) is 9.93. The summed E-state index contributed by atoms with van der Waals surface area (Å²) in [4.78, 5) is 19.4. The average Bonchev–Trinajstić information content (AvgIpc) is 3.09. The molecule has 0 spiro atoms. The molecule has 0 atom stereocenters. The van der Waals surface area contributed by atoms with E-state index in [1.54, 1.807) is 11.0 Å². The zero-order valence-corrected chi connectivity index (χ0v) is 17.4. The third kappa shape index (κ3) is 3.03. The normalized spacial score (nSPS) is 17.9. The Kier molecular flexibility index (Phi) is 4.38.